The van der Waals surface area contributed by atoms with Gasteiger partial charge in [0.25, 0.3) is 0 Å². The molecule has 1 saturated heterocycles. The molecule has 6 nitrogen and oxygen atoms in total. The third kappa shape index (κ3) is 4.18. The first kappa shape index (κ1) is 15.3. The van der Waals surface area contributed by atoms with Gasteiger partial charge in [-0.1, -0.05) is 0 Å². The molecule has 2 N–H and O–H groups in total. The van der Waals surface area contributed by atoms with Crippen LogP contribution in [-0.2, 0) is 9.59 Å². The Bertz CT molecular complexity index is 360. The molecule has 114 valence electrons. The number of rotatable bonds is 5. The molecule has 6 heteroatoms. The Kier molecular flexibility index (Phi) is 4.99. The van der Waals surface area contributed by atoms with Gasteiger partial charge in [-0.2, -0.15) is 0 Å². The van der Waals surface area contributed by atoms with Gasteiger partial charge in [0.1, 0.15) is 0 Å². The van der Waals surface area contributed by atoms with Crippen molar-refractivity contribution in [1.29, 1.82) is 0 Å². The predicted molar refractivity (Wildman–Crippen MR) is 77.0 cm³/mol. The predicted octanol–water partition coefficient (Wildman–Crippen LogP) is -0.654. The van der Waals surface area contributed by atoms with Gasteiger partial charge in [0, 0.05) is 52.7 Å². The van der Waals surface area contributed by atoms with Crippen LogP contribution in [-0.4, -0.2) is 79.4 Å². The maximum Gasteiger partial charge on any atom is 0.236 e. The van der Waals surface area contributed by atoms with Crippen molar-refractivity contribution in [3.63, 3.8) is 0 Å². The number of amides is 2. The molecule has 0 radical (unpaired) electrons. The first-order valence-corrected chi connectivity index (χ1v) is 7.43. The lowest BCUT2D eigenvalue weighted by molar-refractivity contribution is -0.134. The molecule has 1 saturated carbocycles. The van der Waals surface area contributed by atoms with E-state index in [1.165, 1.54) is 12.8 Å². The number of hydrogen-bond donors (Lipinski definition) is 1. The maximum absolute atomic E-state index is 12.1. The average molecular weight is 282 g/mol. The molecule has 1 aliphatic heterocycles. The Morgan fingerprint density at radius 3 is 2.30 bits per heavy atom. The van der Waals surface area contributed by atoms with Crippen LogP contribution in [0.25, 0.3) is 0 Å². The normalized spacial score (nSPS) is 21.6. The number of nitrogens with two attached hydrogens (primary N) is 1. The van der Waals surface area contributed by atoms with Crippen molar-refractivity contribution in [2.75, 3.05) is 46.8 Å². The zero-order valence-corrected chi connectivity index (χ0v) is 12.5. The summed E-state index contributed by atoms with van der Waals surface area (Å²) in [6.07, 6.45) is 2.82. The first-order valence-electron chi connectivity index (χ1n) is 7.43. The van der Waals surface area contributed by atoms with Crippen LogP contribution >= 0.6 is 0 Å². The van der Waals surface area contributed by atoms with Crippen LogP contribution in [0.1, 0.15) is 19.3 Å². The van der Waals surface area contributed by atoms with Gasteiger partial charge in [0.15, 0.2) is 0 Å². The van der Waals surface area contributed by atoms with Crippen LogP contribution in [0.2, 0.25) is 0 Å². The fraction of sp³-hybridized carbons (Fsp3) is 0.857. The summed E-state index contributed by atoms with van der Waals surface area (Å²) < 4.78 is 0. The largest absolute Gasteiger partial charge is 0.348 e. The number of carbonyl (C=O) groups excluding carboxylic acids is 2. The highest BCUT2D eigenvalue weighted by Crippen LogP contribution is 2.33. The minimum absolute atomic E-state index is 0.0378. The van der Waals surface area contributed by atoms with Gasteiger partial charge < -0.3 is 15.5 Å². The van der Waals surface area contributed by atoms with Crippen LogP contribution in [0.5, 0.6) is 0 Å². The van der Waals surface area contributed by atoms with Gasteiger partial charge in [0.2, 0.25) is 11.8 Å². The van der Waals surface area contributed by atoms with Gasteiger partial charge in [-0.25, -0.2) is 0 Å². The molecule has 20 heavy (non-hydrogen) atoms. The second-order valence-electron chi connectivity index (χ2n) is 6.15. The fourth-order valence-electron chi connectivity index (χ4n) is 2.51. The highest BCUT2D eigenvalue weighted by molar-refractivity contribution is 5.78. The van der Waals surface area contributed by atoms with Crippen molar-refractivity contribution < 1.29 is 9.59 Å². The number of piperazine rings is 1. The Morgan fingerprint density at radius 2 is 1.80 bits per heavy atom. The SMILES string of the molecule is CN(C)C(=O)CN1CCN(C(=O)CC(N)C2CC2)CC1. The summed E-state index contributed by atoms with van der Waals surface area (Å²) in [7, 11) is 3.53. The van der Waals surface area contributed by atoms with Gasteiger partial charge >= 0.3 is 0 Å². The van der Waals surface area contributed by atoms with Crippen molar-refractivity contribution >= 4 is 11.8 Å². The van der Waals surface area contributed by atoms with E-state index in [-0.39, 0.29) is 17.9 Å². The van der Waals surface area contributed by atoms with Crippen LogP contribution in [0.4, 0.5) is 0 Å². The van der Waals surface area contributed by atoms with E-state index in [4.69, 9.17) is 5.73 Å². The van der Waals surface area contributed by atoms with Crippen molar-refractivity contribution in [3.05, 3.63) is 0 Å². The van der Waals surface area contributed by atoms with Crippen LogP contribution < -0.4 is 5.73 Å². The van der Waals surface area contributed by atoms with E-state index >= 15 is 0 Å². The van der Waals surface area contributed by atoms with Crippen LogP contribution in [0.15, 0.2) is 0 Å². The molecule has 1 atom stereocenters. The zero-order chi connectivity index (χ0) is 14.7. The molecule has 1 unspecified atom stereocenters. The van der Waals surface area contributed by atoms with E-state index < -0.39 is 0 Å². The molecule has 1 heterocycles. The molecule has 2 fully saturated rings. The maximum atomic E-state index is 12.1. The quantitative estimate of drug-likeness (QED) is 0.727. The molecule has 0 spiro atoms. The van der Waals surface area contributed by atoms with E-state index in [0.29, 0.717) is 32.0 Å². The summed E-state index contributed by atoms with van der Waals surface area (Å²) in [5.41, 5.74) is 6.00. The molecule has 0 aromatic carbocycles. The van der Waals surface area contributed by atoms with E-state index in [0.717, 1.165) is 13.1 Å². The lowest BCUT2D eigenvalue weighted by atomic mass is 10.1. The molecule has 0 bridgehead atoms. The topological polar surface area (TPSA) is 69.9 Å². The Morgan fingerprint density at radius 1 is 1.20 bits per heavy atom. The Labute approximate surface area is 120 Å². The van der Waals surface area contributed by atoms with E-state index in [9.17, 15) is 9.59 Å². The number of nitrogens with zero attached hydrogens (tertiary/aromatic N) is 3. The van der Waals surface area contributed by atoms with Gasteiger partial charge in [-0.3, -0.25) is 14.5 Å². The third-order valence-corrected chi connectivity index (χ3v) is 4.22. The molecule has 2 aliphatic rings. The molecule has 2 amide bonds. The highest BCUT2D eigenvalue weighted by atomic mass is 16.2. The van der Waals surface area contributed by atoms with Crippen molar-refractivity contribution in [3.8, 4) is 0 Å². The smallest absolute Gasteiger partial charge is 0.236 e. The standard InChI is InChI=1S/C14H26N4O2/c1-16(2)14(20)10-17-5-7-18(8-6-17)13(19)9-12(15)11-3-4-11/h11-12H,3-10,15H2,1-2H3. The molecular formula is C14H26N4O2. The van der Waals surface area contributed by atoms with Crippen molar-refractivity contribution in [1.82, 2.24) is 14.7 Å². The summed E-state index contributed by atoms with van der Waals surface area (Å²) in [6.45, 7) is 3.39. The van der Waals surface area contributed by atoms with Gasteiger partial charge in [0.05, 0.1) is 6.54 Å². The molecule has 0 aromatic rings. The minimum atomic E-state index is 0.0378. The van der Waals surface area contributed by atoms with Gasteiger partial charge in [-0.15, -0.1) is 0 Å². The number of likely N-dealkylation sites (N-methyl/N-ethyl adjacent to an activating group) is 1. The number of hydrogen-bond acceptors (Lipinski definition) is 4. The van der Waals surface area contributed by atoms with Crippen molar-refractivity contribution in [2.24, 2.45) is 11.7 Å². The van der Waals surface area contributed by atoms with Gasteiger partial charge in [-0.05, 0) is 18.8 Å². The molecular weight excluding hydrogens is 256 g/mol. The van der Waals surface area contributed by atoms with E-state index in [1.54, 1.807) is 19.0 Å². The second kappa shape index (κ2) is 6.54. The summed E-state index contributed by atoms with van der Waals surface area (Å²) in [5, 5.41) is 0. The molecule has 0 aromatic heterocycles. The highest BCUT2D eigenvalue weighted by Gasteiger charge is 2.31. The summed E-state index contributed by atoms with van der Waals surface area (Å²) in [6, 6.07) is 0.0378. The average Bonchev–Trinajstić information content (AvgIpc) is 3.23. The summed E-state index contributed by atoms with van der Waals surface area (Å²) >= 11 is 0. The molecule has 2 rings (SSSR count). The van der Waals surface area contributed by atoms with E-state index in [1.807, 2.05) is 4.90 Å². The summed E-state index contributed by atoms with van der Waals surface area (Å²) in [5.74, 6) is 0.849. The zero-order valence-electron chi connectivity index (χ0n) is 12.5. The first-order chi connectivity index (χ1) is 9.47. The second-order valence-corrected chi connectivity index (χ2v) is 6.15. The third-order valence-electron chi connectivity index (χ3n) is 4.22. The van der Waals surface area contributed by atoms with E-state index in [2.05, 4.69) is 4.90 Å². The van der Waals surface area contributed by atoms with Crippen LogP contribution in [0.3, 0.4) is 0 Å². The summed E-state index contributed by atoms with van der Waals surface area (Å²) in [4.78, 5) is 29.4. The monoisotopic (exact) mass is 282 g/mol. The fourth-order valence-corrected chi connectivity index (χ4v) is 2.51. The minimum Gasteiger partial charge on any atom is -0.348 e. The Hall–Kier alpha value is -1.14. The Balaban J connectivity index is 1.70. The lowest BCUT2D eigenvalue weighted by Gasteiger charge is -2.35. The number of carbonyl (C=O) groups is 2. The van der Waals surface area contributed by atoms with Crippen LogP contribution in [0, 0.1) is 5.92 Å². The lowest BCUT2D eigenvalue weighted by Crippen LogP contribution is -2.51. The molecule has 1 aliphatic carbocycles. The van der Waals surface area contributed by atoms with Crippen molar-refractivity contribution in [2.45, 2.75) is 25.3 Å².